The SMILES string of the molecule is O=C(O)C1CCCC1CNC(=O)N1CCCC(O)C1. The molecule has 6 nitrogen and oxygen atoms in total. The van der Waals surface area contributed by atoms with E-state index in [0.29, 0.717) is 26.1 Å². The van der Waals surface area contributed by atoms with E-state index < -0.39 is 12.1 Å². The van der Waals surface area contributed by atoms with Crippen LogP contribution in [-0.4, -0.2) is 52.9 Å². The molecule has 1 aliphatic carbocycles. The smallest absolute Gasteiger partial charge is 0.317 e. The molecule has 3 atom stereocenters. The van der Waals surface area contributed by atoms with Crippen molar-refractivity contribution in [2.24, 2.45) is 11.8 Å². The third-order valence-corrected chi connectivity index (χ3v) is 4.18. The molecule has 2 amide bonds. The molecule has 0 spiro atoms. The Hall–Kier alpha value is -1.30. The van der Waals surface area contributed by atoms with Crippen molar-refractivity contribution in [2.75, 3.05) is 19.6 Å². The normalized spacial score (nSPS) is 31.2. The summed E-state index contributed by atoms with van der Waals surface area (Å²) < 4.78 is 0. The van der Waals surface area contributed by atoms with Crippen LogP contribution in [0.2, 0.25) is 0 Å². The fourth-order valence-electron chi connectivity index (χ4n) is 3.08. The first-order chi connectivity index (χ1) is 9.08. The van der Waals surface area contributed by atoms with Crippen molar-refractivity contribution < 1.29 is 19.8 Å². The zero-order chi connectivity index (χ0) is 13.8. The van der Waals surface area contributed by atoms with Crippen LogP contribution in [0, 0.1) is 11.8 Å². The van der Waals surface area contributed by atoms with Crippen molar-refractivity contribution in [1.29, 1.82) is 0 Å². The first-order valence-corrected chi connectivity index (χ1v) is 7.01. The van der Waals surface area contributed by atoms with E-state index in [4.69, 9.17) is 5.11 Å². The largest absolute Gasteiger partial charge is 0.481 e. The molecule has 1 saturated heterocycles. The number of carbonyl (C=O) groups is 2. The maximum Gasteiger partial charge on any atom is 0.317 e. The van der Waals surface area contributed by atoms with Crippen LogP contribution in [0.5, 0.6) is 0 Å². The second-order valence-electron chi connectivity index (χ2n) is 5.56. The van der Waals surface area contributed by atoms with Crippen molar-refractivity contribution >= 4 is 12.0 Å². The van der Waals surface area contributed by atoms with Gasteiger partial charge in [0.1, 0.15) is 0 Å². The van der Waals surface area contributed by atoms with Gasteiger partial charge in [0, 0.05) is 19.6 Å². The molecule has 0 bridgehead atoms. The number of nitrogens with one attached hydrogen (secondary N) is 1. The Balaban J connectivity index is 1.78. The fraction of sp³-hybridized carbons (Fsp3) is 0.846. The molecule has 3 N–H and O–H groups in total. The Bertz CT molecular complexity index is 348. The standard InChI is InChI=1S/C13H22N2O4/c16-10-4-2-6-15(8-10)13(19)14-7-9-3-1-5-11(9)12(17)18/h9-11,16H,1-8H2,(H,14,19)(H,17,18). The molecule has 3 unspecified atom stereocenters. The number of amides is 2. The van der Waals surface area contributed by atoms with Gasteiger partial charge in [0.25, 0.3) is 0 Å². The van der Waals surface area contributed by atoms with E-state index in [1.165, 1.54) is 0 Å². The molecule has 1 saturated carbocycles. The minimum Gasteiger partial charge on any atom is -0.481 e. The Labute approximate surface area is 112 Å². The number of carbonyl (C=O) groups excluding carboxylic acids is 1. The molecule has 2 fully saturated rings. The lowest BCUT2D eigenvalue weighted by atomic mass is 9.96. The minimum atomic E-state index is -0.759. The van der Waals surface area contributed by atoms with Crippen molar-refractivity contribution in [2.45, 2.75) is 38.2 Å². The molecule has 19 heavy (non-hydrogen) atoms. The number of hydrogen-bond donors (Lipinski definition) is 3. The van der Waals surface area contributed by atoms with Crippen LogP contribution in [0.4, 0.5) is 4.79 Å². The number of aliphatic carboxylic acids is 1. The highest BCUT2D eigenvalue weighted by Crippen LogP contribution is 2.31. The molecule has 2 aliphatic rings. The van der Waals surface area contributed by atoms with Crippen molar-refractivity contribution in [3.63, 3.8) is 0 Å². The molecular weight excluding hydrogens is 248 g/mol. The molecule has 0 aromatic rings. The quantitative estimate of drug-likeness (QED) is 0.702. The summed E-state index contributed by atoms with van der Waals surface area (Å²) in [5.74, 6) is -1.05. The number of aliphatic hydroxyl groups excluding tert-OH is 1. The van der Waals surface area contributed by atoms with Crippen LogP contribution < -0.4 is 5.32 Å². The van der Waals surface area contributed by atoms with E-state index in [1.54, 1.807) is 4.90 Å². The van der Waals surface area contributed by atoms with E-state index in [-0.39, 0.29) is 17.9 Å². The topological polar surface area (TPSA) is 89.9 Å². The van der Waals surface area contributed by atoms with Gasteiger partial charge in [-0.05, 0) is 31.6 Å². The molecule has 1 aliphatic heterocycles. The van der Waals surface area contributed by atoms with Crippen molar-refractivity contribution in [3.05, 3.63) is 0 Å². The highest BCUT2D eigenvalue weighted by Gasteiger charge is 2.33. The number of β-amino-alcohol motifs (C(OH)–C–C–N with tert-alkyl or cyclic N) is 1. The third kappa shape index (κ3) is 3.59. The van der Waals surface area contributed by atoms with Gasteiger partial charge in [-0.1, -0.05) is 6.42 Å². The summed E-state index contributed by atoms with van der Waals surface area (Å²) in [4.78, 5) is 24.6. The number of aliphatic hydroxyl groups is 1. The maximum absolute atomic E-state index is 11.9. The Morgan fingerprint density at radius 2 is 2.00 bits per heavy atom. The summed E-state index contributed by atoms with van der Waals surface area (Å²) in [6.45, 7) is 1.46. The first-order valence-electron chi connectivity index (χ1n) is 7.01. The van der Waals surface area contributed by atoms with Crippen LogP contribution in [-0.2, 0) is 4.79 Å². The number of urea groups is 1. The number of likely N-dealkylation sites (tertiary alicyclic amines) is 1. The second kappa shape index (κ2) is 6.23. The minimum absolute atomic E-state index is 0.0381. The zero-order valence-electron chi connectivity index (χ0n) is 11.0. The van der Waals surface area contributed by atoms with Crippen LogP contribution in [0.3, 0.4) is 0 Å². The van der Waals surface area contributed by atoms with Gasteiger partial charge in [-0.15, -0.1) is 0 Å². The predicted molar refractivity (Wildman–Crippen MR) is 68.7 cm³/mol. The number of hydrogen-bond acceptors (Lipinski definition) is 3. The summed E-state index contributed by atoms with van der Waals surface area (Å²) in [5.41, 5.74) is 0. The molecule has 0 aromatic heterocycles. The molecular formula is C13H22N2O4. The van der Waals surface area contributed by atoms with Crippen LogP contribution in [0.25, 0.3) is 0 Å². The molecule has 108 valence electrons. The van der Waals surface area contributed by atoms with Gasteiger partial charge < -0.3 is 20.4 Å². The van der Waals surface area contributed by atoms with Gasteiger partial charge >= 0.3 is 12.0 Å². The van der Waals surface area contributed by atoms with Crippen LogP contribution >= 0.6 is 0 Å². The third-order valence-electron chi connectivity index (χ3n) is 4.18. The first kappa shape index (κ1) is 14.1. The average Bonchev–Trinajstić information content (AvgIpc) is 2.84. The molecule has 2 rings (SSSR count). The highest BCUT2D eigenvalue weighted by atomic mass is 16.4. The molecule has 6 heteroatoms. The van der Waals surface area contributed by atoms with E-state index in [9.17, 15) is 14.7 Å². The summed E-state index contributed by atoms with van der Waals surface area (Å²) in [6, 6.07) is -0.185. The number of rotatable bonds is 3. The summed E-state index contributed by atoms with van der Waals surface area (Å²) in [6.07, 6.45) is 3.61. The maximum atomic E-state index is 11.9. The van der Waals surface area contributed by atoms with Gasteiger partial charge in [0.2, 0.25) is 0 Å². The molecule has 0 aromatic carbocycles. The number of carboxylic acids is 1. The lowest BCUT2D eigenvalue weighted by Gasteiger charge is -2.30. The van der Waals surface area contributed by atoms with E-state index >= 15 is 0 Å². The number of nitrogens with zero attached hydrogens (tertiary/aromatic N) is 1. The Morgan fingerprint density at radius 1 is 1.21 bits per heavy atom. The average molecular weight is 270 g/mol. The van der Waals surface area contributed by atoms with E-state index in [2.05, 4.69) is 5.32 Å². The summed E-state index contributed by atoms with van der Waals surface area (Å²) in [5, 5.41) is 21.4. The van der Waals surface area contributed by atoms with E-state index in [1.807, 2.05) is 0 Å². The number of piperidine rings is 1. The van der Waals surface area contributed by atoms with Gasteiger partial charge in [0.05, 0.1) is 12.0 Å². The highest BCUT2D eigenvalue weighted by molar-refractivity contribution is 5.74. The monoisotopic (exact) mass is 270 g/mol. The van der Waals surface area contributed by atoms with Gasteiger partial charge in [-0.2, -0.15) is 0 Å². The second-order valence-corrected chi connectivity index (χ2v) is 5.56. The Morgan fingerprint density at radius 3 is 2.68 bits per heavy atom. The van der Waals surface area contributed by atoms with Crippen molar-refractivity contribution in [1.82, 2.24) is 10.2 Å². The van der Waals surface area contributed by atoms with Gasteiger partial charge in [-0.3, -0.25) is 4.79 Å². The van der Waals surface area contributed by atoms with E-state index in [0.717, 1.165) is 25.7 Å². The molecule has 1 heterocycles. The van der Waals surface area contributed by atoms with Crippen LogP contribution in [0.1, 0.15) is 32.1 Å². The van der Waals surface area contributed by atoms with Gasteiger partial charge in [-0.25, -0.2) is 4.79 Å². The lowest BCUT2D eigenvalue weighted by molar-refractivity contribution is -0.142. The summed E-state index contributed by atoms with van der Waals surface area (Å²) >= 11 is 0. The van der Waals surface area contributed by atoms with Crippen LogP contribution in [0.15, 0.2) is 0 Å². The lowest BCUT2D eigenvalue weighted by Crippen LogP contribution is -2.48. The van der Waals surface area contributed by atoms with Gasteiger partial charge in [0.15, 0.2) is 0 Å². The number of carboxylic acid groups (broad SMARTS) is 1. The fourth-order valence-corrected chi connectivity index (χ4v) is 3.08. The zero-order valence-corrected chi connectivity index (χ0v) is 11.0. The Kier molecular flexibility index (Phi) is 4.63. The molecule has 0 radical (unpaired) electrons. The van der Waals surface area contributed by atoms with Crippen molar-refractivity contribution in [3.8, 4) is 0 Å². The summed E-state index contributed by atoms with van der Waals surface area (Å²) in [7, 11) is 0. The predicted octanol–water partition coefficient (Wildman–Crippen LogP) is 0.654.